The molecule has 0 aromatic heterocycles. The molecule has 0 saturated carbocycles. The number of hydrogen-bond acceptors (Lipinski definition) is 5. The summed E-state index contributed by atoms with van der Waals surface area (Å²) in [7, 11) is 0. The molecule has 2 aliphatic heterocycles. The molecule has 4 aromatic rings. The summed E-state index contributed by atoms with van der Waals surface area (Å²) >= 11 is 0. The Hall–Kier alpha value is -3.96. The van der Waals surface area contributed by atoms with Crippen LogP contribution in [0.2, 0.25) is 0 Å². The molecule has 2 aliphatic rings. The summed E-state index contributed by atoms with van der Waals surface area (Å²) in [6.45, 7) is 4.92. The lowest BCUT2D eigenvalue weighted by Gasteiger charge is -2.23. The van der Waals surface area contributed by atoms with Gasteiger partial charge in [-0.25, -0.2) is 0 Å². The van der Waals surface area contributed by atoms with Crippen molar-refractivity contribution in [1.82, 2.24) is 9.80 Å². The maximum Gasteiger partial charge on any atom is 0.0943 e. The van der Waals surface area contributed by atoms with Crippen LogP contribution in [0.5, 0.6) is 0 Å². The highest BCUT2D eigenvalue weighted by molar-refractivity contribution is 5.95. The topological polar surface area (TPSA) is 22.2 Å². The summed E-state index contributed by atoms with van der Waals surface area (Å²) in [6.07, 6.45) is 8.66. The molecule has 2 heterocycles. The molecule has 4 aromatic carbocycles. The molecular weight excluding hydrogens is 432 g/mol. The van der Waals surface area contributed by atoms with Crippen LogP contribution < -0.4 is 9.80 Å². The molecule has 6 rings (SSSR count). The highest BCUT2D eigenvalue weighted by Gasteiger charge is 2.17. The number of hydrogen-bond donors (Lipinski definition) is 0. The van der Waals surface area contributed by atoms with Gasteiger partial charge in [0.15, 0.2) is 0 Å². The van der Waals surface area contributed by atoms with E-state index in [0.29, 0.717) is 0 Å². The first-order valence-electron chi connectivity index (χ1n) is 12.3. The van der Waals surface area contributed by atoms with Gasteiger partial charge in [0.05, 0.1) is 37.9 Å². The standard InChI is InChI=1S/C30H30N4O/c1-3-11-27-25(7-1)9-5-13-29(27)33-17-15-31(23-33)19-21-35-22-20-32-16-18-34(24-32)30-14-6-10-26-8-2-4-12-28(26)30/h1-18H,19-24H2. The molecule has 176 valence electrons. The first-order valence-corrected chi connectivity index (χ1v) is 12.3. The summed E-state index contributed by atoms with van der Waals surface area (Å²) in [5.74, 6) is 0. The molecule has 0 spiro atoms. The third-order valence-corrected chi connectivity index (χ3v) is 6.78. The van der Waals surface area contributed by atoms with Crippen LogP contribution in [0.4, 0.5) is 11.4 Å². The zero-order valence-electron chi connectivity index (χ0n) is 19.8. The molecule has 0 atom stereocenters. The third kappa shape index (κ3) is 4.55. The van der Waals surface area contributed by atoms with Crippen LogP contribution in [-0.2, 0) is 4.74 Å². The van der Waals surface area contributed by atoms with E-state index in [0.717, 1.165) is 39.6 Å². The Morgan fingerprint density at radius 1 is 0.514 bits per heavy atom. The van der Waals surface area contributed by atoms with Crippen molar-refractivity contribution in [3.8, 4) is 0 Å². The van der Waals surface area contributed by atoms with Gasteiger partial charge in [-0.1, -0.05) is 72.8 Å². The van der Waals surface area contributed by atoms with Gasteiger partial charge in [-0.15, -0.1) is 0 Å². The smallest absolute Gasteiger partial charge is 0.0943 e. The Bertz CT molecular complexity index is 1270. The van der Waals surface area contributed by atoms with E-state index in [1.165, 1.54) is 32.9 Å². The van der Waals surface area contributed by atoms with Gasteiger partial charge >= 0.3 is 0 Å². The maximum atomic E-state index is 5.99. The number of anilines is 2. The first kappa shape index (κ1) is 21.6. The summed E-state index contributed by atoms with van der Waals surface area (Å²) in [5.41, 5.74) is 2.50. The van der Waals surface area contributed by atoms with Crippen molar-refractivity contribution in [3.63, 3.8) is 0 Å². The van der Waals surface area contributed by atoms with Gasteiger partial charge in [0.2, 0.25) is 0 Å². The molecule has 0 bridgehead atoms. The van der Waals surface area contributed by atoms with Gasteiger partial charge in [-0.3, -0.25) is 0 Å². The van der Waals surface area contributed by atoms with Gasteiger partial charge in [-0.05, 0) is 22.9 Å². The number of rotatable bonds is 8. The van der Waals surface area contributed by atoms with Gasteiger partial charge in [0.25, 0.3) is 0 Å². The average molecular weight is 463 g/mol. The van der Waals surface area contributed by atoms with Crippen LogP contribution in [0.25, 0.3) is 21.5 Å². The van der Waals surface area contributed by atoms with Crippen molar-refractivity contribution in [3.05, 3.63) is 110 Å². The minimum absolute atomic E-state index is 0.721. The number of benzene rings is 4. The molecule has 0 radical (unpaired) electrons. The van der Waals surface area contributed by atoms with Crippen molar-refractivity contribution in [1.29, 1.82) is 0 Å². The fourth-order valence-corrected chi connectivity index (χ4v) is 4.92. The minimum atomic E-state index is 0.721. The lowest BCUT2D eigenvalue weighted by molar-refractivity contribution is 0.105. The third-order valence-electron chi connectivity index (χ3n) is 6.78. The van der Waals surface area contributed by atoms with E-state index < -0.39 is 0 Å². The van der Waals surface area contributed by atoms with Gasteiger partial charge in [0, 0.05) is 48.7 Å². The lowest BCUT2D eigenvalue weighted by Crippen LogP contribution is -2.30. The zero-order chi connectivity index (χ0) is 23.5. The second-order valence-corrected chi connectivity index (χ2v) is 9.05. The van der Waals surface area contributed by atoms with Crippen molar-refractivity contribution < 1.29 is 4.74 Å². The quantitative estimate of drug-likeness (QED) is 0.307. The number of nitrogens with zero attached hydrogens (tertiary/aromatic N) is 4. The van der Waals surface area contributed by atoms with Gasteiger partial charge in [0.1, 0.15) is 0 Å². The van der Waals surface area contributed by atoms with Crippen LogP contribution in [0.3, 0.4) is 0 Å². The normalized spacial score (nSPS) is 15.3. The van der Waals surface area contributed by atoms with Crippen LogP contribution in [0.15, 0.2) is 110 Å². The molecule has 0 aliphatic carbocycles. The van der Waals surface area contributed by atoms with Gasteiger partial charge in [-0.2, -0.15) is 0 Å². The van der Waals surface area contributed by atoms with E-state index in [-0.39, 0.29) is 0 Å². The lowest BCUT2D eigenvalue weighted by atomic mass is 10.1. The fraction of sp³-hybridized carbons (Fsp3) is 0.200. The monoisotopic (exact) mass is 462 g/mol. The van der Waals surface area contributed by atoms with Crippen molar-refractivity contribution >= 4 is 32.9 Å². The van der Waals surface area contributed by atoms with E-state index in [1.54, 1.807) is 0 Å². The minimum Gasteiger partial charge on any atom is -0.378 e. The molecule has 5 heteroatoms. The SMILES string of the molecule is C1=CN(c2cccc3ccccc23)CN1CCOCCN1C=CN(c2cccc3ccccc23)C1. The van der Waals surface area contributed by atoms with Crippen molar-refractivity contribution in [2.75, 3.05) is 49.4 Å². The van der Waals surface area contributed by atoms with E-state index in [4.69, 9.17) is 4.74 Å². The Kier molecular flexibility index (Phi) is 5.99. The largest absolute Gasteiger partial charge is 0.378 e. The molecule has 0 unspecified atom stereocenters. The summed E-state index contributed by atoms with van der Waals surface area (Å²) in [4.78, 5) is 9.22. The van der Waals surface area contributed by atoms with Crippen LogP contribution in [0.1, 0.15) is 0 Å². The molecule has 0 N–H and O–H groups in total. The summed E-state index contributed by atoms with van der Waals surface area (Å²) < 4.78 is 5.99. The average Bonchev–Trinajstić information content (AvgIpc) is 3.58. The predicted molar refractivity (Wildman–Crippen MR) is 145 cm³/mol. The Labute approximate surface area is 206 Å². The summed E-state index contributed by atoms with van der Waals surface area (Å²) in [5, 5.41) is 5.12. The molecular formula is C30H30N4O. The maximum absolute atomic E-state index is 5.99. The highest BCUT2D eigenvalue weighted by atomic mass is 16.5. The Morgan fingerprint density at radius 2 is 0.971 bits per heavy atom. The van der Waals surface area contributed by atoms with Crippen molar-refractivity contribution in [2.45, 2.75) is 0 Å². The summed E-state index contributed by atoms with van der Waals surface area (Å²) in [6, 6.07) is 30.1. The number of fused-ring (bicyclic) bond motifs is 2. The number of ether oxygens (including phenoxy) is 1. The van der Waals surface area contributed by atoms with Crippen LogP contribution in [-0.4, -0.2) is 49.4 Å². The molecule has 35 heavy (non-hydrogen) atoms. The first-order chi connectivity index (χ1) is 17.3. The van der Waals surface area contributed by atoms with E-state index >= 15 is 0 Å². The van der Waals surface area contributed by atoms with Crippen molar-refractivity contribution in [2.24, 2.45) is 0 Å². The Morgan fingerprint density at radius 3 is 1.49 bits per heavy atom. The van der Waals surface area contributed by atoms with E-state index in [2.05, 4.69) is 129 Å². The molecule has 0 fully saturated rings. The molecule has 0 saturated heterocycles. The Balaban J connectivity index is 0.948. The van der Waals surface area contributed by atoms with E-state index in [9.17, 15) is 0 Å². The van der Waals surface area contributed by atoms with Crippen LogP contribution >= 0.6 is 0 Å². The molecule has 0 amide bonds. The predicted octanol–water partition coefficient (Wildman–Crippen LogP) is 5.81. The second kappa shape index (κ2) is 9.72. The van der Waals surface area contributed by atoms with E-state index in [1.807, 2.05) is 0 Å². The second-order valence-electron chi connectivity index (χ2n) is 9.05. The zero-order valence-corrected chi connectivity index (χ0v) is 19.8. The highest BCUT2D eigenvalue weighted by Crippen LogP contribution is 2.30. The fourth-order valence-electron chi connectivity index (χ4n) is 4.92. The van der Waals surface area contributed by atoms with Crippen LogP contribution in [0, 0.1) is 0 Å². The molecule has 5 nitrogen and oxygen atoms in total. The van der Waals surface area contributed by atoms with Gasteiger partial charge < -0.3 is 24.3 Å².